The van der Waals surface area contributed by atoms with Crippen LogP contribution in [0.4, 0.5) is 11.4 Å². The summed E-state index contributed by atoms with van der Waals surface area (Å²) in [5.74, 6) is 0.802. The molecular formula is C20H23ClN2O3. The Morgan fingerprint density at radius 1 is 1.23 bits per heavy atom. The molecule has 0 unspecified atom stereocenters. The number of allylic oxidation sites excluding steroid dienone is 1. The number of benzene rings is 2. The third-order valence-corrected chi connectivity index (χ3v) is 3.92. The number of halogens is 1. The van der Waals surface area contributed by atoms with E-state index in [9.17, 15) is 4.79 Å². The summed E-state index contributed by atoms with van der Waals surface area (Å²) >= 11 is 6.03. The number of methoxy groups -OCH3 is 1. The highest BCUT2D eigenvalue weighted by molar-refractivity contribution is 6.31. The highest BCUT2D eigenvalue weighted by Gasteiger charge is 2.12. The van der Waals surface area contributed by atoms with Gasteiger partial charge in [-0.1, -0.05) is 23.7 Å². The van der Waals surface area contributed by atoms with Gasteiger partial charge in [0.25, 0.3) is 5.91 Å². The number of nitrogens with one attached hydrogen (secondary N) is 1. The average molecular weight is 375 g/mol. The molecule has 0 spiro atoms. The first-order chi connectivity index (χ1) is 12.4. The summed E-state index contributed by atoms with van der Waals surface area (Å²) < 4.78 is 11.0. The minimum Gasteiger partial charge on any atom is -0.493 e. The monoisotopic (exact) mass is 374 g/mol. The van der Waals surface area contributed by atoms with Crippen molar-refractivity contribution in [2.45, 2.75) is 6.42 Å². The summed E-state index contributed by atoms with van der Waals surface area (Å²) in [6.07, 6.45) is 2.55. The molecule has 2 aromatic rings. The molecule has 0 aliphatic rings. The van der Waals surface area contributed by atoms with E-state index in [2.05, 4.69) is 11.9 Å². The van der Waals surface area contributed by atoms with Gasteiger partial charge in [0.05, 0.1) is 18.5 Å². The van der Waals surface area contributed by atoms with Gasteiger partial charge in [0.15, 0.2) is 18.1 Å². The standard InChI is InChI=1S/C20H23ClN2O3/c1-5-6-14-7-10-18(19(11-14)25-4)26-13-20(24)22-16-12-15(21)8-9-17(16)23(2)3/h5,7-12H,1,6,13H2,2-4H3,(H,22,24). The van der Waals surface area contributed by atoms with Crippen LogP contribution in [0.3, 0.4) is 0 Å². The Morgan fingerprint density at radius 2 is 2.00 bits per heavy atom. The molecule has 5 nitrogen and oxygen atoms in total. The third-order valence-electron chi connectivity index (χ3n) is 3.68. The largest absolute Gasteiger partial charge is 0.493 e. The molecule has 0 atom stereocenters. The van der Waals surface area contributed by atoms with Crippen molar-refractivity contribution in [3.63, 3.8) is 0 Å². The Hall–Kier alpha value is -2.66. The second-order valence-electron chi connectivity index (χ2n) is 5.87. The molecule has 6 heteroatoms. The van der Waals surface area contributed by atoms with Crippen LogP contribution in [0.5, 0.6) is 11.5 Å². The number of hydrogen-bond donors (Lipinski definition) is 1. The Morgan fingerprint density at radius 3 is 2.65 bits per heavy atom. The summed E-state index contributed by atoms with van der Waals surface area (Å²) in [5.41, 5.74) is 2.54. The van der Waals surface area contributed by atoms with Crippen molar-refractivity contribution in [2.75, 3.05) is 38.0 Å². The van der Waals surface area contributed by atoms with Crippen LogP contribution in [0.25, 0.3) is 0 Å². The first-order valence-electron chi connectivity index (χ1n) is 8.12. The van der Waals surface area contributed by atoms with E-state index in [-0.39, 0.29) is 12.5 Å². The summed E-state index contributed by atoms with van der Waals surface area (Å²) in [7, 11) is 5.35. The van der Waals surface area contributed by atoms with E-state index in [1.54, 1.807) is 25.3 Å². The Labute approximate surface area is 159 Å². The number of rotatable bonds is 8. The minimum absolute atomic E-state index is 0.142. The SMILES string of the molecule is C=CCc1ccc(OCC(=O)Nc2cc(Cl)ccc2N(C)C)c(OC)c1. The van der Waals surface area contributed by atoms with Crippen molar-refractivity contribution in [3.8, 4) is 11.5 Å². The van der Waals surface area contributed by atoms with Gasteiger partial charge in [-0.3, -0.25) is 4.79 Å². The molecule has 0 fully saturated rings. The maximum Gasteiger partial charge on any atom is 0.262 e. The molecule has 1 amide bonds. The molecule has 138 valence electrons. The predicted molar refractivity (Wildman–Crippen MR) is 107 cm³/mol. The Bertz CT molecular complexity index is 791. The van der Waals surface area contributed by atoms with Crippen LogP contribution in [-0.4, -0.2) is 33.7 Å². The topological polar surface area (TPSA) is 50.8 Å². The molecule has 1 N–H and O–H groups in total. The Balaban J connectivity index is 2.06. The van der Waals surface area contributed by atoms with Crippen molar-refractivity contribution in [1.29, 1.82) is 0 Å². The first kappa shape index (κ1) is 19.7. The maximum absolute atomic E-state index is 12.3. The van der Waals surface area contributed by atoms with Crippen molar-refractivity contribution in [3.05, 3.63) is 59.6 Å². The van der Waals surface area contributed by atoms with Crippen LogP contribution >= 0.6 is 11.6 Å². The van der Waals surface area contributed by atoms with Gasteiger partial charge in [-0.2, -0.15) is 0 Å². The molecular weight excluding hydrogens is 352 g/mol. The van der Waals surface area contributed by atoms with E-state index >= 15 is 0 Å². The summed E-state index contributed by atoms with van der Waals surface area (Å²) in [4.78, 5) is 14.2. The second-order valence-corrected chi connectivity index (χ2v) is 6.31. The molecule has 0 aromatic heterocycles. The van der Waals surface area contributed by atoms with Gasteiger partial charge < -0.3 is 19.7 Å². The highest BCUT2D eigenvalue weighted by Crippen LogP contribution is 2.29. The van der Waals surface area contributed by atoms with Crippen molar-refractivity contribution < 1.29 is 14.3 Å². The van der Waals surface area contributed by atoms with Gasteiger partial charge in [-0.25, -0.2) is 0 Å². The van der Waals surface area contributed by atoms with Crippen LogP contribution in [0, 0.1) is 0 Å². The number of ether oxygens (including phenoxy) is 2. The van der Waals surface area contributed by atoms with Crippen LogP contribution < -0.4 is 19.7 Å². The lowest BCUT2D eigenvalue weighted by atomic mass is 10.1. The van der Waals surface area contributed by atoms with Gasteiger partial charge in [0.1, 0.15) is 0 Å². The normalized spacial score (nSPS) is 10.2. The van der Waals surface area contributed by atoms with Crippen LogP contribution in [0.15, 0.2) is 49.1 Å². The van der Waals surface area contributed by atoms with Crippen LogP contribution in [-0.2, 0) is 11.2 Å². The highest BCUT2D eigenvalue weighted by atomic mass is 35.5. The average Bonchev–Trinajstić information content (AvgIpc) is 2.60. The van der Waals surface area contributed by atoms with E-state index in [4.69, 9.17) is 21.1 Å². The predicted octanol–water partition coefficient (Wildman–Crippen LogP) is 4.16. The fraction of sp³-hybridized carbons (Fsp3) is 0.250. The van der Waals surface area contributed by atoms with Gasteiger partial charge in [-0.15, -0.1) is 6.58 Å². The smallest absolute Gasteiger partial charge is 0.262 e. The summed E-state index contributed by atoms with van der Waals surface area (Å²) in [6, 6.07) is 10.9. The number of amides is 1. The minimum atomic E-state index is -0.285. The van der Waals surface area contributed by atoms with Crippen molar-refractivity contribution in [2.24, 2.45) is 0 Å². The number of hydrogen-bond acceptors (Lipinski definition) is 4. The van der Waals surface area contributed by atoms with Crippen molar-refractivity contribution in [1.82, 2.24) is 0 Å². The van der Waals surface area contributed by atoms with Gasteiger partial charge in [0.2, 0.25) is 0 Å². The van der Waals surface area contributed by atoms with E-state index in [1.807, 2.05) is 43.3 Å². The quantitative estimate of drug-likeness (QED) is 0.705. The zero-order valence-corrected chi connectivity index (χ0v) is 16.0. The number of carbonyl (C=O) groups is 1. The molecule has 0 radical (unpaired) electrons. The maximum atomic E-state index is 12.3. The molecule has 2 rings (SSSR count). The molecule has 2 aromatic carbocycles. The third kappa shape index (κ3) is 5.17. The molecule has 0 aliphatic heterocycles. The van der Waals surface area contributed by atoms with Gasteiger partial charge in [-0.05, 0) is 42.3 Å². The van der Waals surface area contributed by atoms with Crippen molar-refractivity contribution >= 4 is 28.9 Å². The lowest BCUT2D eigenvalue weighted by Crippen LogP contribution is -2.22. The molecule has 0 saturated carbocycles. The molecule has 0 heterocycles. The second kappa shape index (κ2) is 9.15. The van der Waals surface area contributed by atoms with E-state index in [1.165, 1.54) is 0 Å². The number of carbonyl (C=O) groups excluding carboxylic acids is 1. The fourth-order valence-electron chi connectivity index (χ4n) is 2.45. The lowest BCUT2D eigenvalue weighted by molar-refractivity contribution is -0.118. The zero-order valence-electron chi connectivity index (χ0n) is 15.2. The van der Waals surface area contributed by atoms with E-state index in [0.717, 1.165) is 17.7 Å². The van der Waals surface area contributed by atoms with Crippen LogP contribution in [0.2, 0.25) is 5.02 Å². The fourth-order valence-corrected chi connectivity index (χ4v) is 2.62. The lowest BCUT2D eigenvalue weighted by Gasteiger charge is -2.18. The van der Waals surface area contributed by atoms with E-state index < -0.39 is 0 Å². The molecule has 0 saturated heterocycles. The van der Waals surface area contributed by atoms with Gasteiger partial charge in [0, 0.05) is 19.1 Å². The summed E-state index contributed by atoms with van der Waals surface area (Å²) in [6.45, 7) is 3.58. The molecule has 26 heavy (non-hydrogen) atoms. The Kier molecular flexibility index (Phi) is 6.92. The summed E-state index contributed by atoms with van der Waals surface area (Å²) in [5, 5.41) is 3.38. The number of nitrogens with zero attached hydrogens (tertiary/aromatic N) is 1. The van der Waals surface area contributed by atoms with E-state index in [0.29, 0.717) is 22.2 Å². The first-order valence-corrected chi connectivity index (χ1v) is 8.49. The zero-order chi connectivity index (χ0) is 19.1. The van der Waals surface area contributed by atoms with Crippen LogP contribution in [0.1, 0.15) is 5.56 Å². The molecule has 0 aliphatic carbocycles. The molecule has 0 bridgehead atoms. The number of anilines is 2. The van der Waals surface area contributed by atoms with Gasteiger partial charge >= 0.3 is 0 Å².